The lowest BCUT2D eigenvalue weighted by atomic mass is 10.2. The highest BCUT2D eigenvalue weighted by molar-refractivity contribution is 6.35. The number of rotatable bonds is 6. The summed E-state index contributed by atoms with van der Waals surface area (Å²) in [5.74, 6) is -1.41. The lowest BCUT2D eigenvalue weighted by Gasteiger charge is -2.05. The van der Waals surface area contributed by atoms with Crippen molar-refractivity contribution in [2.24, 2.45) is 0 Å². The highest BCUT2D eigenvalue weighted by Gasteiger charge is 2.18. The Bertz CT molecular complexity index is 1050. The van der Waals surface area contributed by atoms with Gasteiger partial charge in [0.15, 0.2) is 5.82 Å². The van der Waals surface area contributed by atoms with Crippen molar-refractivity contribution in [2.45, 2.75) is 19.5 Å². The van der Waals surface area contributed by atoms with Crippen molar-refractivity contribution in [3.8, 4) is 0 Å². The lowest BCUT2D eigenvalue weighted by Crippen LogP contribution is -2.16. The highest BCUT2D eigenvalue weighted by Crippen LogP contribution is 2.24. The number of carbonyl (C=O) groups is 2. The van der Waals surface area contributed by atoms with Crippen molar-refractivity contribution >= 4 is 52.5 Å². The van der Waals surface area contributed by atoms with Crippen molar-refractivity contribution in [3.63, 3.8) is 0 Å². The zero-order valence-corrected chi connectivity index (χ0v) is 16.7. The number of nitrogens with one attached hydrogen (secondary N) is 1. The highest BCUT2D eigenvalue weighted by atomic mass is 35.5. The maximum atomic E-state index is 12.4. The van der Waals surface area contributed by atoms with Gasteiger partial charge >= 0.3 is 5.97 Å². The molecule has 1 amide bonds. The van der Waals surface area contributed by atoms with E-state index in [2.05, 4.69) is 15.5 Å². The van der Waals surface area contributed by atoms with Gasteiger partial charge in [-0.1, -0.05) is 40.9 Å². The van der Waals surface area contributed by atoms with Crippen LogP contribution in [0.15, 0.2) is 36.8 Å². The second-order valence-corrected chi connectivity index (χ2v) is 7.19. The first-order chi connectivity index (χ1) is 13.2. The van der Waals surface area contributed by atoms with Gasteiger partial charge in [-0.3, -0.25) is 14.2 Å². The van der Waals surface area contributed by atoms with Crippen LogP contribution in [0.25, 0.3) is 0 Å². The van der Waals surface area contributed by atoms with E-state index < -0.39 is 17.9 Å². The Balaban J connectivity index is 1.73. The molecule has 0 saturated heterocycles. The topological polar surface area (TPSA) is 102 Å². The molecule has 0 spiro atoms. The minimum absolute atomic E-state index is 0.163. The van der Waals surface area contributed by atoms with Crippen LogP contribution in [0.1, 0.15) is 28.9 Å². The number of aliphatic carboxylic acids is 1. The Hall–Kier alpha value is -2.55. The number of carbonyl (C=O) groups excluding carboxylic acids is 1. The van der Waals surface area contributed by atoms with Crippen molar-refractivity contribution in [1.29, 1.82) is 0 Å². The number of carboxylic acids is 1. The number of carboxylic acid groups (broad SMARTS) is 1. The van der Waals surface area contributed by atoms with E-state index in [1.54, 1.807) is 24.4 Å². The zero-order chi connectivity index (χ0) is 20.4. The number of halogens is 3. The third-order valence-corrected chi connectivity index (χ3v) is 4.78. The summed E-state index contributed by atoms with van der Waals surface area (Å²) >= 11 is 18.2. The van der Waals surface area contributed by atoms with Gasteiger partial charge in [-0.25, -0.2) is 4.79 Å². The molecule has 8 nitrogen and oxygen atoms in total. The molecule has 1 aromatic carbocycles. The second kappa shape index (κ2) is 8.22. The van der Waals surface area contributed by atoms with Crippen molar-refractivity contribution in [1.82, 2.24) is 19.6 Å². The van der Waals surface area contributed by atoms with Crippen LogP contribution in [-0.2, 0) is 11.3 Å². The molecule has 3 aromatic rings. The molecule has 28 heavy (non-hydrogen) atoms. The molecule has 11 heteroatoms. The predicted molar refractivity (Wildman–Crippen MR) is 105 cm³/mol. The summed E-state index contributed by atoms with van der Waals surface area (Å²) in [6.07, 6.45) is 4.16. The molecule has 2 N–H and O–H groups in total. The molecular weight excluding hydrogens is 429 g/mol. The quantitative estimate of drug-likeness (QED) is 0.601. The predicted octanol–water partition coefficient (Wildman–Crippen LogP) is 3.99. The van der Waals surface area contributed by atoms with Crippen LogP contribution in [0.5, 0.6) is 0 Å². The molecule has 0 bridgehead atoms. The minimum atomic E-state index is -1.06. The average Bonchev–Trinajstić information content (AvgIpc) is 3.24. The summed E-state index contributed by atoms with van der Waals surface area (Å²) in [5, 5.41) is 21.0. The van der Waals surface area contributed by atoms with Crippen molar-refractivity contribution in [3.05, 3.63) is 63.0 Å². The van der Waals surface area contributed by atoms with Gasteiger partial charge in [-0.15, -0.1) is 0 Å². The average molecular weight is 443 g/mol. The number of nitrogens with zero attached hydrogens (tertiary/aromatic N) is 4. The fraction of sp³-hybridized carbons (Fsp3) is 0.176. The summed E-state index contributed by atoms with van der Waals surface area (Å²) in [5.41, 5.74) is 0.964. The molecule has 3 rings (SSSR count). The van der Waals surface area contributed by atoms with Gasteiger partial charge < -0.3 is 10.4 Å². The van der Waals surface area contributed by atoms with E-state index in [0.717, 1.165) is 5.56 Å². The van der Waals surface area contributed by atoms with Crippen LogP contribution in [0.2, 0.25) is 15.1 Å². The number of amides is 1. The SMILES string of the molecule is CC(C(=O)O)n1cc(C(=O)Nc2nn(Cc3ccc(Cl)cc3Cl)cc2Cl)cn1. The van der Waals surface area contributed by atoms with Crippen LogP contribution >= 0.6 is 34.8 Å². The fourth-order valence-electron chi connectivity index (χ4n) is 2.35. The Morgan fingerprint density at radius 2 is 1.96 bits per heavy atom. The molecule has 2 aromatic heterocycles. The van der Waals surface area contributed by atoms with Gasteiger partial charge in [0.2, 0.25) is 0 Å². The first-order valence-corrected chi connectivity index (χ1v) is 9.13. The third-order valence-electron chi connectivity index (χ3n) is 3.91. The Morgan fingerprint density at radius 1 is 1.21 bits per heavy atom. The minimum Gasteiger partial charge on any atom is -0.480 e. The maximum absolute atomic E-state index is 12.4. The van der Waals surface area contributed by atoms with Gasteiger partial charge in [0.25, 0.3) is 5.91 Å². The first-order valence-electron chi connectivity index (χ1n) is 8.00. The number of benzene rings is 1. The van der Waals surface area contributed by atoms with Gasteiger partial charge in [-0.2, -0.15) is 10.2 Å². The Labute approximate surface area is 174 Å². The fourth-order valence-corrected chi connectivity index (χ4v) is 3.01. The van der Waals surface area contributed by atoms with Crippen LogP contribution in [0.4, 0.5) is 5.82 Å². The van der Waals surface area contributed by atoms with Crippen molar-refractivity contribution in [2.75, 3.05) is 5.32 Å². The molecule has 0 aliphatic heterocycles. The number of hydrogen-bond acceptors (Lipinski definition) is 4. The normalized spacial score (nSPS) is 12.0. The van der Waals surface area contributed by atoms with Crippen LogP contribution in [0.3, 0.4) is 0 Å². The van der Waals surface area contributed by atoms with Gasteiger partial charge in [0, 0.05) is 22.4 Å². The summed E-state index contributed by atoms with van der Waals surface area (Å²) in [6.45, 7) is 1.79. The number of aromatic nitrogens is 4. The summed E-state index contributed by atoms with van der Waals surface area (Å²) < 4.78 is 2.71. The Morgan fingerprint density at radius 3 is 2.64 bits per heavy atom. The molecule has 0 aliphatic carbocycles. The second-order valence-electron chi connectivity index (χ2n) is 5.94. The smallest absolute Gasteiger partial charge is 0.328 e. The van der Waals surface area contributed by atoms with E-state index in [4.69, 9.17) is 39.9 Å². The van der Waals surface area contributed by atoms with Crippen molar-refractivity contribution < 1.29 is 14.7 Å². The van der Waals surface area contributed by atoms with E-state index in [-0.39, 0.29) is 16.4 Å². The van der Waals surface area contributed by atoms with E-state index in [1.165, 1.54) is 28.7 Å². The molecular formula is C17H14Cl3N5O3. The molecule has 1 atom stereocenters. The van der Waals surface area contributed by atoms with E-state index in [0.29, 0.717) is 16.6 Å². The van der Waals surface area contributed by atoms with Gasteiger partial charge in [0.05, 0.1) is 18.3 Å². The Kier molecular flexibility index (Phi) is 5.93. The number of hydrogen-bond donors (Lipinski definition) is 2. The molecule has 2 heterocycles. The summed E-state index contributed by atoms with van der Waals surface area (Å²) in [4.78, 5) is 23.4. The van der Waals surface area contributed by atoms with Gasteiger partial charge in [-0.05, 0) is 24.6 Å². The maximum Gasteiger partial charge on any atom is 0.328 e. The van der Waals surface area contributed by atoms with Crippen LogP contribution < -0.4 is 5.32 Å². The zero-order valence-electron chi connectivity index (χ0n) is 14.4. The molecule has 1 unspecified atom stereocenters. The molecule has 0 radical (unpaired) electrons. The largest absolute Gasteiger partial charge is 0.480 e. The summed E-state index contributed by atoms with van der Waals surface area (Å²) in [7, 11) is 0. The molecule has 0 aliphatic rings. The standard InChI is InChI=1S/C17H14Cl3N5O3/c1-9(17(27)28)25-7-11(5-21-25)16(26)22-15-14(20)8-24(23-15)6-10-2-3-12(18)4-13(10)19/h2-5,7-9H,6H2,1H3,(H,27,28)(H,22,23,26). The molecule has 0 saturated carbocycles. The lowest BCUT2D eigenvalue weighted by molar-refractivity contribution is -0.140. The van der Waals surface area contributed by atoms with E-state index in [9.17, 15) is 9.59 Å². The van der Waals surface area contributed by atoms with Crippen LogP contribution in [-0.4, -0.2) is 36.5 Å². The van der Waals surface area contributed by atoms with E-state index in [1.807, 2.05) is 0 Å². The van der Waals surface area contributed by atoms with Crippen LogP contribution in [0, 0.1) is 0 Å². The van der Waals surface area contributed by atoms with Gasteiger partial charge in [0.1, 0.15) is 11.1 Å². The number of anilines is 1. The third kappa shape index (κ3) is 4.46. The first kappa shape index (κ1) is 20.2. The molecule has 146 valence electrons. The summed E-state index contributed by atoms with van der Waals surface area (Å²) in [6, 6.07) is 4.22. The molecule has 0 fully saturated rings. The van der Waals surface area contributed by atoms with E-state index >= 15 is 0 Å². The monoisotopic (exact) mass is 441 g/mol.